The van der Waals surface area contributed by atoms with Gasteiger partial charge < -0.3 is 0 Å². The van der Waals surface area contributed by atoms with Crippen molar-refractivity contribution in [3.63, 3.8) is 0 Å². The van der Waals surface area contributed by atoms with Gasteiger partial charge in [0, 0.05) is 18.0 Å². The quantitative estimate of drug-likeness (QED) is 0.754. The lowest BCUT2D eigenvalue weighted by Gasteiger charge is -2.26. The summed E-state index contributed by atoms with van der Waals surface area (Å²) in [5.74, 6) is -0.424. The summed E-state index contributed by atoms with van der Waals surface area (Å²) in [7, 11) is 1.55. The van der Waals surface area contributed by atoms with Crippen molar-refractivity contribution in [1.29, 1.82) is 0 Å². The molecule has 4 heteroatoms. The lowest BCUT2D eigenvalue weighted by atomic mass is 9.95. The molecule has 92 valence electrons. The molecule has 0 aliphatic heterocycles. The van der Waals surface area contributed by atoms with Crippen LogP contribution in [0.2, 0.25) is 0 Å². The Hall–Kier alpha value is -1.84. The Bertz CT molecular complexity index is 407. The molecule has 0 spiro atoms. The minimum absolute atomic E-state index is 0.137. The van der Waals surface area contributed by atoms with Gasteiger partial charge in [0.25, 0.3) is 5.91 Å². The molecule has 0 aromatic heterocycles. The van der Waals surface area contributed by atoms with Gasteiger partial charge in [0.15, 0.2) is 0 Å². The maximum Gasteiger partial charge on any atom is 0.269 e. The SMILES string of the molecule is CN(NC(=O)c1ccccc1)C(=O)C(C)(C)C. The summed E-state index contributed by atoms with van der Waals surface area (Å²) in [6, 6.07) is 8.79. The summed E-state index contributed by atoms with van der Waals surface area (Å²) in [6.07, 6.45) is 0. The second kappa shape index (κ2) is 4.99. The second-order valence-corrected chi connectivity index (χ2v) is 4.92. The van der Waals surface area contributed by atoms with E-state index in [9.17, 15) is 9.59 Å². The summed E-state index contributed by atoms with van der Waals surface area (Å²) in [6.45, 7) is 5.42. The zero-order valence-corrected chi connectivity index (χ0v) is 10.7. The molecule has 1 N–H and O–H groups in total. The van der Waals surface area contributed by atoms with Crippen LogP contribution in [-0.2, 0) is 4.79 Å². The van der Waals surface area contributed by atoms with Gasteiger partial charge in [0.1, 0.15) is 0 Å². The van der Waals surface area contributed by atoms with E-state index in [-0.39, 0.29) is 11.8 Å². The van der Waals surface area contributed by atoms with E-state index in [1.165, 1.54) is 5.01 Å². The predicted octanol–water partition coefficient (Wildman–Crippen LogP) is 1.84. The zero-order chi connectivity index (χ0) is 13.1. The zero-order valence-electron chi connectivity index (χ0n) is 10.7. The van der Waals surface area contributed by atoms with E-state index in [1.54, 1.807) is 52.1 Å². The van der Waals surface area contributed by atoms with E-state index >= 15 is 0 Å². The number of hydrazine groups is 1. The van der Waals surface area contributed by atoms with Gasteiger partial charge >= 0.3 is 0 Å². The maximum atomic E-state index is 11.8. The highest BCUT2D eigenvalue weighted by molar-refractivity contribution is 5.95. The van der Waals surface area contributed by atoms with Crippen molar-refractivity contribution in [2.24, 2.45) is 5.41 Å². The van der Waals surface area contributed by atoms with Gasteiger partial charge in [-0.15, -0.1) is 0 Å². The summed E-state index contributed by atoms with van der Waals surface area (Å²) in [4.78, 5) is 23.6. The van der Waals surface area contributed by atoms with Crippen LogP contribution in [0.4, 0.5) is 0 Å². The Balaban J connectivity index is 2.68. The highest BCUT2D eigenvalue weighted by atomic mass is 16.2. The van der Waals surface area contributed by atoms with Gasteiger partial charge in [0.05, 0.1) is 0 Å². The molecule has 0 bridgehead atoms. The van der Waals surface area contributed by atoms with Crippen molar-refractivity contribution in [2.45, 2.75) is 20.8 Å². The van der Waals surface area contributed by atoms with Gasteiger partial charge in [-0.25, -0.2) is 0 Å². The van der Waals surface area contributed by atoms with Crippen LogP contribution >= 0.6 is 0 Å². The van der Waals surface area contributed by atoms with E-state index < -0.39 is 5.41 Å². The summed E-state index contributed by atoms with van der Waals surface area (Å²) in [5.41, 5.74) is 2.56. The average molecular weight is 234 g/mol. The minimum atomic E-state index is -0.515. The van der Waals surface area contributed by atoms with Crippen LogP contribution in [0.3, 0.4) is 0 Å². The first-order valence-electron chi connectivity index (χ1n) is 5.46. The van der Waals surface area contributed by atoms with Crippen LogP contribution in [0.1, 0.15) is 31.1 Å². The molecule has 0 atom stereocenters. The first kappa shape index (κ1) is 13.2. The predicted molar refractivity (Wildman–Crippen MR) is 66.1 cm³/mol. The number of carbonyl (C=O) groups excluding carboxylic acids is 2. The molecule has 0 saturated carbocycles. The van der Waals surface area contributed by atoms with E-state index in [1.807, 2.05) is 6.07 Å². The van der Waals surface area contributed by atoms with E-state index in [4.69, 9.17) is 0 Å². The Morgan fingerprint density at radius 1 is 1.12 bits per heavy atom. The molecule has 1 aromatic rings. The molecule has 17 heavy (non-hydrogen) atoms. The highest BCUT2D eigenvalue weighted by Gasteiger charge is 2.26. The number of nitrogens with zero attached hydrogens (tertiary/aromatic N) is 1. The van der Waals surface area contributed by atoms with Crippen molar-refractivity contribution in [3.05, 3.63) is 35.9 Å². The van der Waals surface area contributed by atoms with Crippen molar-refractivity contribution in [2.75, 3.05) is 7.05 Å². The molecular weight excluding hydrogens is 216 g/mol. The van der Waals surface area contributed by atoms with Crippen molar-refractivity contribution >= 4 is 11.8 Å². The van der Waals surface area contributed by atoms with Gasteiger partial charge in [-0.1, -0.05) is 39.0 Å². The van der Waals surface area contributed by atoms with Crippen LogP contribution < -0.4 is 5.43 Å². The number of rotatable bonds is 1. The number of amides is 2. The fourth-order valence-corrected chi connectivity index (χ4v) is 1.36. The van der Waals surface area contributed by atoms with Crippen LogP contribution in [0.15, 0.2) is 30.3 Å². The van der Waals surface area contributed by atoms with Gasteiger partial charge in [-0.05, 0) is 12.1 Å². The number of benzene rings is 1. The molecule has 2 amide bonds. The normalized spacial score (nSPS) is 10.8. The third-order valence-corrected chi connectivity index (χ3v) is 2.25. The van der Waals surface area contributed by atoms with Crippen molar-refractivity contribution < 1.29 is 9.59 Å². The fraction of sp³-hybridized carbons (Fsp3) is 0.385. The Labute approximate surface area is 102 Å². The van der Waals surface area contributed by atoms with Crippen LogP contribution in [0, 0.1) is 5.41 Å². The van der Waals surface area contributed by atoms with Crippen molar-refractivity contribution in [1.82, 2.24) is 10.4 Å². The molecule has 0 saturated heterocycles. The third kappa shape index (κ3) is 3.59. The van der Waals surface area contributed by atoms with E-state index in [2.05, 4.69) is 5.43 Å². The first-order valence-corrected chi connectivity index (χ1v) is 5.46. The van der Waals surface area contributed by atoms with Gasteiger partial charge in [0.2, 0.25) is 5.91 Å². The number of hydrogen-bond donors (Lipinski definition) is 1. The molecule has 0 heterocycles. The molecule has 0 unspecified atom stereocenters. The second-order valence-electron chi connectivity index (χ2n) is 4.92. The lowest BCUT2D eigenvalue weighted by Crippen LogP contribution is -2.47. The minimum Gasteiger partial charge on any atom is -0.272 e. The molecule has 0 fully saturated rings. The van der Waals surface area contributed by atoms with Crippen LogP contribution in [-0.4, -0.2) is 23.9 Å². The topological polar surface area (TPSA) is 49.4 Å². The number of carbonyl (C=O) groups is 2. The highest BCUT2D eigenvalue weighted by Crippen LogP contribution is 2.15. The van der Waals surface area contributed by atoms with Crippen LogP contribution in [0.5, 0.6) is 0 Å². The van der Waals surface area contributed by atoms with Gasteiger partial charge in [-0.3, -0.25) is 20.0 Å². The molecule has 0 radical (unpaired) electrons. The largest absolute Gasteiger partial charge is 0.272 e. The Kier molecular flexibility index (Phi) is 3.89. The molecule has 1 aromatic carbocycles. The van der Waals surface area contributed by atoms with E-state index in [0.717, 1.165) is 0 Å². The molecule has 4 nitrogen and oxygen atoms in total. The summed E-state index contributed by atoms with van der Waals surface area (Å²) in [5, 5.41) is 1.23. The Morgan fingerprint density at radius 3 is 2.12 bits per heavy atom. The lowest BCUT2D eigenvalue weighted by molar-refractivity contribution is -0.140. The van der Waals surface area contributed by atoms with Crippen molar-refractivity contribution in [3.8, 4) is 0 Å². The smallest absolute Gasteiger partial charge is 0.269 e. The summed E-state index contributed by atoms with van der Waals surface area (Å²) >= 11 is 0. The first-order chi connectivity index (χ1) is 7.82. The number of nitrogens with one attached hydrogen (secondary N) is 1. The molecule has 1 rings (SSSR count). The number of hydrogen-bond acceptors (Lipinski definition) is 2. The standard InChI is InChI=1S/C13H18N2O2/c1-13(2,3)12(17)15(4)14-11(16)10-8-6-5-7-9-10/h5-9H,1-4H3,(H,14,16). The molecule has 0 aliphatic rings. The summed E-state index contributed by atoms with van der Waals surface area (Å²) < 4.78 is 0. The van der Waals surface area contributed by atoms with E-state index in [0.29, 0.717) is 5.56 Å². The fourth-order valence-electron chi connectivity index (χ4n) is 1.36. The molecule has 0 aliphatic carbocycles. The van der Waals surface area contributed by atoms with Gasteiger partial charge in [-0.2, -0.15) is 0 Å². The maximum absolute atomic E-state index is 11.8. The molecular formula is C13H18N2O2. The third-order valence-electron chi connectivity index (χ3n) is 2.25. The Morgan fingerprint density at radius 2 is 1.65 bits per heavy atom. The average Bonchev–Trinajstić information content (AvgIpc) is 2.27. The monoisotopic (exact) mass is 234 g/mol. The van der Waals surface area contributed by atoms with Crippen LogP contribution in [0.25, 0.3) is 0 Å².